The molecule has 1 saturated heterocycles. The maximum Gasteiger partial charge on any atom is 0.251 e. The van der Waals surface area contributed by atoms with Gasteiger partial charge in [-0.3, -0.25) is 4.79 Å². The second kappa shape index (κ2) is 9.62. The number of benzene rings is 2. The lowest BCUT2D eigenvalue weighted by Gasteiger charge is -2.23. The van der Waals surface area contributed by atoms with Crippen LogP contribution in [-0.2, 0) is 6.61 Å². The van der Waals surface area contributed by atoms with Crippen LogP contribution >= 0.6 is 11.6 Å². The van der Waals surface area contributed by atoms with Crippen molar-refractivity contribution in [3.63, 3.8) is 0 Å². The van der Waals surface area contributed by atoms with E-state index in [1.807, 2.05) is 24.3 Å². The quantitative estimate of drug-likeness (QED) is 0.760. The fourth-order valence-corrected chi connectivity index (χ4v) is 3.23. The summed E-state index contributed by atoms with van der Waals surface area (Å²) in [5, 5.41) is 7.06. The van der Waals surface area contributed by atoms with Crippen LogP contribution in [0.2, 0.25) is 5.02 Å². The Balaban J connectivity index is 1.59. The first-order valence-corrected chi connectivity index (χ1v) is 9.57. The fraction of sp³-hybridized carbons (Fsp3) is 0.381. The lowest BCUT2D eigenvalue weighted by molar-refractivity contribution is 0.0944. The summed E-state index contributed by atoms with van der Waals surface area (Å²) in [5.41, 5.74) is 1.57. The van der Waals surface area contributed by atoms with E-state index >= 15 is 0 Å². The van der Waals surface area contributed by atoms with E-state index in [1.54, 1.807) is 25.3 Å². The highest BCUT2D eigenvalue weighted by Crippen LogP contribution is 2.29. The van der Waals surface area contributed by atoms with Crippen LogP contribution in [0.15, 0.2) is 42.5 Å². The smallest absolute Gasteiger partial charge is 0.251 e. The summed E-state index contributed by atoms with van der Waals surface area (Å²) >= 11 is 5.90. The van der Waals surface area contributed by atoms with Crippen LogP contribution in [-0.4, -0.2) is 32.7 Å². The van der Waals surface area contributed by atoms with E-state index in [2.05, 4.69) is 10.6 Å². The molecule has 1 aliphatic rings. The number of ether oxygens (including phenoxy) is 2. The second-order valence-corrected chi connectivity index (χ2v) is 7.14. The van der Waals surface area contributed by atoms with Crippen molar-refractivity contribution in [2.75, 3.05) is 26.7 Å². The Kier molecular flexibility index (Phi) is 6.96. The third-order valence-corrected chi connectivity index (χ3v) is 4.94. The zero-order chi connectivity index (χ0) is 19.1. The fourth-order valence-electron chi connectivity index (χ4n) is 3.11. The average molecular weight is 389 g/mol. The molecule has 0 aromatic heterocycles. The van der Waals surface area contributed by atoms with Gasteiger partial charge in [-0.1, -0.05) is 23.7 Å². The van der Waals surface area contributed by atoms with Crippen molar-refractivity contribution in [1.29, 1.82) is 0 Å². The van der Waals surface area contributed by atoms with Gasteiger partial charge in [-0.05, 0) is 67.7 Å². The number of piperidine rings is 1. The SMILES string of the molecule is COc1cc(C(=O)NCC2CCCNC2)ccc1OCc1ccc(Cl)cc1. The molecule has 1 amide bonds. The highest BCUT2D eigenvalue weighted by Gasteiger charge is 2.16. The van der Waals surface area contributed by atoms with Crippen molar-refractivity contribution in [3.8, 4) is 11.5 Å². The van der Waals surface area contributed by atoms with Gasteiger partial charge in [-0.15, -0.1) is 0 Å². The summed E-state index contributed by atoms with van der Waals surface area (Å²) in [6.07, 6.45) is 2.31. The monoisotopic (exact) mass is 388 g/mol. The maximum atomic E-state index is 12.4. The van der Waals surface area contributed by atoms with Crippen molar-refractivity contribution in [3.05, 3.63) is 58.6 Å². The van der Waals surface area contributed by atoms with E-state index in [0.29, 0.717) is 41.2 Å². The largest absolute Gasteiger partial charge is 0.493 e. The minimum atomic E-state index is -0.0943. The van der Waals surface area contributed by atoms with Crippen LogP contribution in [0.25, 0.3) is 0 Å². The van der Waals surface area contributed by atoms with Gasteiger partial charge >= 0.3 is 0 Å². The topological polar surface area (TPSA) is 59.6 Å². The lowest BCUT2D eigenvalue weighted by atomic mass is 9.99. The normalized spacial score (nSPS) is 16.6. The van der Waals surface area contributed by atoms with Crippen LogP contribution < -0.4 is 20.1 Å². The summed E-state index contributed by atoms with van der Waals surface area (Å²) in [5.74, 6) is 1.53. The Morgan fingerprint density at radius 3 is 2.74 bits per heavy atom. The molecule has 1 aliphatic heterocycles. The van der Waals surface area contributed by atoms with Gasteiger partial charge in [0.05, 0.1) is 7.11 Å². The predicted molar refractivity (Wildman–Crippen MR) is 107 cm³/mol. The second-order valence-electron chi connectivity index (χ2n) is 6.70. The number of hydrogen-bond donors (Lipinski definition) is 2. The summed E-state index contributed by atoms with van der Waals surface area (Å²) in [6.45, 7) is 3.11. The molecule has 0 spiro atoms. The van der Waals surface area contributed by atoms with E-state index in [4.69, 9.17) is 21.1 Å². The number of halogens is 1. The molecule has 0 saturated carbocycles. The minimum absolute atomic E-state index is 0.0943. The number of amides is 1. The molecule has 2 aromatic carbocycles. The molecule has 3 rings (SSSR count). The molecule has 2 aromatic rings. The van der Waals surface area contributed by atoms with Gasteiger partial charge in [0.15, 0.2) is 11.5 Å². The van der Waals surface area contributed by atoms with Gasteiger partial charge in [0.2, 0.25) is 0 Å². The Morgan fingerprint density at radius 2 is 2.04 bits per heavy atom. The van der Waals surface area contributed by atoms with Crippen LogP contribution in [0.3, 0.4) is 0 Å². The van der Waals surface area contributed by atoms with Crippen LogP contribution in [0.4, 0.5) is 0 Å². The van der Waals surface area contributed by atoms with Gasteiger partial charge in [-0.25, -0.2) is 0 Å². The van der Waals surface area contributed by atoms with Gasteiger partial charge in [0.25, 0.3) is 5.91 Å². The summed E-state index contributed by atoms with van der Waals surface area (Å²) in [4.78, 5) is 12.4. The van der Waals surface area contributed by atoms with Crippen molar-refractivity contribution in [1.82, 2.24) is 10.6 Å². The molecule has 0 bridgehead atoms. The van der Waals surface area contributed by atoms with Gasteiger partial charge in [-0.2, -0.15) is 0 Å². The third kappa shape index (κ3) is 5.62. The molecular formula is C21H25ClN2O3. The molecule has 1 atom stereocenters. The van der Waals surface area contributed by atoms with E-state index in [-0.39, 0.29) is 5.91 Å². The first-order valence-electron chi connectivity index (χ1n) is 9.20. The summed E-state index contributed by atoms with van der Waals surface area (Å²) in [6, 6.07) is 12.7. The number of carbonyl (C=O) groups is 1. The molecular weight excluding hydrogens is 364 g/mol. The Labute approximate surface area is 165 Å². The average Bonchev–Trinajstić information content (AvgIpc) is 2.72. The Hall–Kier alpha value is -2.24. The van der Waals surface area contributed by atoms with E-state index in [0.717, 1.165) is 31.5 Å². The number of nitrogens with one attached hydrogen (secondary N) is 2. The van der Waals surface area contributed by atoms with Crippen LogP contribution in [0.1, 0.15) is 28.8 Å². The molecule has 0 aliphatic carbocycles. The van der Waals surface area contributed by atoms with Crippen molar-refractivity contribution >= 4 is 17.5 Å². The van der Waals surface area contributed by atoms with Crippen molar-refractivity contribution < 1.29 is 14.3 Å². The predicted octanol–water partition coefficient (Wildman–Crippen LogP) is 3.66. The Bertz CT molecular complexity index is 759. The van der Waals surface area contributed by atoms with E-state index in [1.165, 1.54) is 0 Å². The molecule has 0 radical (unpaired) electrons. The molecule has 1 heterocycles. The number of carbonyl (C=O) groups excluding carboxylic acids is 1. The molecule has 5 nitrogen and oxygen atoms in total. The van der Waals surface area contributed by atoms with Crippen LogP contribution in [0.5, 0.6) is 11.5 Å². The first kappa shape index (κ1) is 19.5. The summed E-state index contributed by atoms with van der Waals surface area (Å²) < 4.78 is 11.2. The van der Waals surface area contributed by atoms with E-state index in [9.17, 15) is 4.79 Å². The minimum Gasteiger partial charge on any atom is -0.493 e. The first-order chi connectivity index (χ1) is 13.2. The van der Waals surface area contributed by atoms with Crippen molar-refractivity contribution in [2.45, 2.75) is 19.4 Å². The van der Waals surface area contributed by atoms with Gasteiger partial charge in [0.1, 0.15) is 6.61 Å². The van der Waals surface area contributed by atoms with Crippen LogP contribution in [0, 0.1) is 5.92 Å². The molecule has 2 N–H and O–H groups in total. The highest BCUT2D eigenvalue weighted by atomic mass is 35.5. The maximum absolute atomic E-state index is 12.4. The number of hydrogen-bond acceptors (Lipinski definition) is 4. The van der Waals surface area contributed by atoms with Gasteiger partial charge < -0.3 is 20.1 Å². The Morgan fingerprint density at radius 1 is 1.22 bits per heavy atom. The molecule has 27 heavy (non-hydrogen) atoms. The number of rotatable bonds is 7. The molecule has 1 unspecified atom stereocenters. The molecule has 6 heteroatoms. The van der Waals surface area contributed by atoms with Gasteiger partial charge in [0, 0.05) is 17.1 Å². The highest BCUT2D eigenvalue weighted by molar-refractivity contribution is 6.30. The molecule has 1 fully saturated rings. The number of methoxy groups -OCH3 is 1. The van der Waals surface area contributed by atoms with E-state index < -0.39 is 0 Å². The molecule has 144 valence electrons. The van der Waals surface area contributed by atoms with Crippen molar-refractivity contribution in [2.24, 2.45) is 5.92 Å². The zero-order valence-corrected chi connectivity index (χ0v) is 16.2. The summed E-state index contributed by atoms with van der Waals surface area (Å²) in [7, 11) is 1.57. The standard InChI is InChI=1S/C21H25ClN2O3/c1-26-20-11-17(21(25)24-13-16-3-2-10-23-12-16)6-9-19(20)27-14-15-4-7-18(22)8-5-15/h4-9,11,16,23H,2-3,10,12-14H2,1H3,(H,24,25). The lowest BCUT2D eigenvalue weighted by Crippen LogP contribution is -2.38. The third-order valence-electron chi connectivity index (χ3n) is 4.68. The zero-order valence-electron chi connectivity index (χ0n) is 15.5.